The Hall–Kier alpha value is -1.81. The fourth-order valence-electron chi connectivity index (χ4n) is 1.80. The number of hydrogen-bond acceptors (Lipinski definition) is 3. The molecule has 2 aromatic rings. The van der Waals surface area contributed by atoms with Crippen molar-refractivity contribution in [3.05, 3.63) is 51.7 Å². The van der Waals surface area contributed by atoms with Gasteiger partial charge in [0.15, 0.2) is 0 Å². The molecule has 0 aliphatic heterocycles. The number of amides is 1. The number of anilines is 1. The quantitative estimate of drug-likeness (QED) is 0.887. The number of hydrogen-bond donors (Lipinski definition) is 2. The zero-order valence-corrected chi connectivity index (χ0v) is 11.3. The molecule has 0 fully saturated rings. The Balaban J connectivity index is 2.16. The van der Waals surface area contributed by atoms with Crippen molar-refractivity contribution in [1.82, 2.24) is 5.32 Å². The van der Waals surface area contributed by atoms with Crippen LogP contribution in [0.15, 0.2) is 35.7 Å². The second-order valence-electron chi connectivity index (χ2n) is 3.99. The summed E-state index contributed by atoms with van der Waals surface area (Å²) in [5, 5.41) is 8.08. The molecule has 18 heavy (non-hydrogen) atoms. The topological polar surface area (TPSA) is 41.1 Å². The van der Waals surface area contributed by atoms with Crippen LogP contribution in [0.1, 0.15) is 20.8 Å². The molecule has 0 aliphatic carbocycles. The third kappa shape index (κ3) is 2.71. The van der Waals surface area contributed by atoms with E-state index in [9.17, 15) is 4.79 Å². The first-order chi connectivity index (χ1) is 8.72. The van der Waals surface area contributed by atoms with Gasteiger partial charge < -0.3 is 10.6 Å². The van der Waals surface area contributed by atoms with Crippen LogP contribution in [-0.4, -0.2) is 13.0 Å². The van der Waals surface area contributed by atoms with E-state index in [1.165, 1.54) is 4.88 Å². The van der Waals surface area contributed by atoms with Crippen molar-refractivity contribution in [1.29, 1.82) is 0 Å². The van der Waals surface area contributed by atoms with Crippen LogP contribution in [0.5, 0.6) is 0 Å². The molecule has 2 N–H and O–H groups in total. The highest BCUT2D eigenvalue weighted by Crippen LogP contribution is 2.20. The molecule has 2 rings (SSSR count). The molecule has 1 aromatic carbocycles. The highest BCUT2D eigenvalue weighted by Gasteiger charge is 2.09. The van der Waals surface area contributed by atoms with E-state index in [0.29, 0.717) is 5.56 Å². The average molecular weight is 260 g/mol. The number of carbonyl (C=O) groups is 1. The Morgan fingerprint density at radius 1 is 1.28 bits per heavy atom. The van der Waals surface area contributed by atoms with Gasteiger partial charge in [-0.3, -0.25) is 4.79 Å². The molecule has 94 valence electrons. The highest BCUT2D eigenvalue weighted by atomic mass is 32.1. The summed E-state index contributed by atoms with van der Waals surface area (Å²) in [5.41, 5.74) is 2.70. The van der Waals surface area contributed by atoms with Crippen LogP contribution in [0.3, 0.4) is 0 Å². The molecule has 0 saturated carbocycles. The zero-order valence-electron chi connectivity index (χ0n) is 10.5. The summed E-state index contributed by atoms with van der Waals surface area (Å²) in [5.74, 6) is -0.0488. The van der Waals surface area contributed by atoms with Gasteiger partial charge in [0.2, 0.25) is 0 Å². The average Bonchev–Trinajstić information content (AvgIpc) is 2.90. The Bertz CT molecular complexity index is 535. The molecule has 1 amide bonds. The van der Waals surface area contributed by atoms with Crippen molar-refractivity contribution in [2.75, 3.05) is 12.4 Å². The van der Waals surface area contributed by atoms with Crippen LogP contribution < -0.4 is 10.6 Å². The molecule has 1 heterocycles. The van der Waals surface area contributed by atoms with E-state index in [2.05, 4.69) is 22.1 Å². The highest BCUT2D eigenvalue weighted by molar-refractivity contribution is 7.09. The number of rotatable bonds is 4. The largest absolute Gasteiger partial charge is 0.380 e. The Kier molecular flexibility index (Phi) is 3.99. The van der Waals surface area contributed by atoms with Gasteiger partial charge in [0.05, 0.1) is 0 Å². The Morgan fingerprint density at radius 3 is 2.78 bits per heavy atom. The lowest BCUT2D eigenvalue weighted by Gasteiger charge is -2.12. The maximum Gasteiger partial charge on any atom is 0.251 e. The molecular weight excluding hydrogens is 244 g/mol. The third-order valence-corrected chi connectivity index (χ3v) is 3.72. The molecular formula is C14H16N2OS. The van der Waals surface area contributed by atoms with E-state index in [4.69, 9.17) is 0 Å². The molecule has 0 atom stereocenters. The van der Waals surface area contributed by atoms with Crippen molar-refractivity contribution >= 4 is 22.9 Å². The molecule has 0 spiro atoms. The van der Waals surface area contributed by atoms with Gasteiger partial charge in [-0.15, -0.1) is 11.3 Å². The molecule has 3 nitrogen and oxygen atoms in total. The van der Waals surface area contributed by atoms with Gasteiger partial charge in [0.1, 0.15) is 0 Å². The van der Waals surface area contributed by atoms with Gasteiger partial charge in [0.25, 0.3) is 5.91 Å². The third-order valence-electron chi connectivity index (χ3n) is 2.84. The van der Waals surface area contributed by atoms with E-state index < -0.39 is 0 Å². The number of benzene rings is 1. The van der Waals surface area contributed by atoms with E-state index >= 15 is 0 Å². The van der Waals surface area contributed by atoms with Crippen LogP contribution in [-0.2, 0) is 6.54 Å². The second kappa shape index (κ2) is 5.69. The lowest BCUT2D eigenvalue weighted by Crippen LogP contribution is -2.19. The monoisotopic (exact) mass is 260 g/mol. The summed E-state index contributed by atoms with van der Waals surface area (Å²) in [6.45, 7) is 2.75. The first-order valence-corrected chi connectivity index (χ1v) is 6.68. The van der Waals surface area contributed by atoms with Gasteiger partial charge in [-0.05, 0) is 36.1 Å². The van der Waals surface area contributed by atoms with Crippen molar-refractivity contribution in [3.8, 4) is 0 Å². The fourth-order valence-corrected chi connectivity index (χ4v) is 2.45. The van der Waals surface area contributed by atoms with Crippen molar-refractivity contribution in [2.45, 2.75) is 13.5 Å². The number of carbonyl (C=O) groups excluding carboxylic acids is 1. The van der Waals surface area contributed by atoms with Crippen LogP contribution in [0.25, 0.3) is 0 Å². The van der Waals surface area contributed by atoms with E-state index in [0.717, 1.165) is 17.8 Å². The number of nitrogens with one attached hydrogen (secondary N) is 2. The minimum Gasteiger partial charge on any atom is -0.380 e. The van der Waals surface area contributed by atoms with Crippen LogP contribution in [0.4, 0.5) is 5.69 Å². The van der Waals surface area contributed by atoms with Gasteiger partial charge >= 0.3 is 0 Å². The molecule has 0 bridgehead atoms. The summed E-state index contributed by atoms with van der Waals surface area (Å²) >= 11 is 1.72. The Morgan fingerprint density at radius 2 is 2.11 bits per heavy atom. The molecule has 0 unspecified atom stereocenters. The standard InChI is InChI=1S/C14H16N2OS/c1-10-12(14(17)15-2)6-3-7-13(10)16-9-11-5-4-8-18-11/h3-8,16H,9H2,1-2H3,(H,15,17). The van der Waals surface area contributed by atoms with E-state index in [1.54, 1.807) is 18.4 Å². The summed E-state index contributed by atoms with van der Waals surface area (Å²) in [4.78, 5) is 13.0. The van der Waals surface area contributed by atoms with Gasteiger partial charge in [-0.1, -0.05) is 12.1 Å². The maximum absolute atomic E-state index is 11.7. The summed E-state index contributed by atoms with van der Waals surface area (Å²) < 4.78 is 0. The van der Waals surface area contributed by atoms with Crippen LogP contribution in [0, 0.1) is 6.92 Å². The lowest BCUT2D eigenvalue weighted by atomic mass is 10.1. The van der Waals surface area contributed by atoms with E-state index in [-0.39, 0.29) is 5.91 Å². The van der Waals surface area contributed by atoms with E-state index in [1.807, 2.05) is 31.2 Å². The van der Waals surface area contributed by atoms with Crippen LogP contribution in [0.2, 0.25) is 0 Å². The first-order valence-electron chi connectivity index (χ1n) is 5.80. The predicted molar refractivity (Wildman–Crippen MR) is 76.2 cm³/mol. The molecule has 0 aliphatic rings. The molecule has 4 heteroatoms. The summed E-state index contributed by atoms with van der Waals surface area (Å²) in [6, 6.07) is 9.86. The molecule has 0 radical (unpaired) electrons. The Labute approximate surface area is 111 Å². The van der Waals surface area contributed by atoms with Crippen molar-refractivity contribution in [2.24, 2.45) is 0 Å². The van der Waals surface area contributed by atoms with Gasteiger partial charge in [0, 0.05) is 29.7 Å². The molecule has 1 aromatic heterocycles. The predicted octanol–water partition coefficient (Wildman–Crippen LogP) is 3.03. The van der Waals surface area contributed by atoms with Crippen LogP contribution >= 0.6 is 11.3 Å². The first kappa shape index (κ1) is 12.6. The zero-order chi connectivity index (χ0) is 13.0. The molecule has 0 saturated heterocycles. The minimum absolute atomic E-state index is 0.0488. The minimum atomic E-state index is -0.0488. The normalized spacial score (nSPS) is 10.1. The smallest absolute Gasteiger partial charge is 0.251 e. The summed E-state index contributed by atoms with van der Waals surface area (Å²) in [7, 11) is 1.65. The SMILES string of the molecule is CNC(=O)c1cccc(NCc2cccs2)c1C. The number of thiophene rings is 1. The van der Waals surface area contributed by atoms with Gasteiger partial charge in [-0.2, -0.15) is 0 Å². The maximum atomic E-state index is 11.7. The fraction of sp³-hybridized carbons (Fsp3) is 0.214. The summed E-state index contributed by atoms with van der Waals surface area (Å²) in [6.07, 6.45) is 0. The van der Waals surface area contributed by atoms with Gasteiger partial charge in [-0.25, -0.2) is 0 Å². The second-order valence-corrected chi connectivity index (χ2v) is 5.02. The lowest BCUT2D eigenvalue weighted by molar-refractivity contribution is 0.0962. The van der Waals surface area contributed by atoms with Crippen molar-refractivity contribution < 1.29 is 4.79 Å². The van der Waals surface area contributed by atoms with Crippen molar-refractivity contribution in [3.63, 3.8) is 0 Å².